The van der Waals surface area contributed by atoms with E-state index >= 15 is 0 Å². The predicted molar refractivity (Wildman–Crippen MR) is 64.5 cm³/mol. The van der Waals surface area contributed by atoms with Crippen molar-refractivity contribution in [3.63, 3.8) is 0 Å². The molecule has 0 aromatic carbocycles. The highest BCUT2D eigenvalue weighted by atomic mass is 16.2. The number of nitrogens with one attached hydrogen (secondary N) is 1. The number of hydrogen-bond donors (Lipinski definition) is 1. The van der Waals surface area contributed by atoms with Crippen molar-refractivity contribution >= 4 is 5.91 Å². The summed E-state index contributed by atoms with van der Waals surface area (Å²) in [5, 5.41) is 3.42. The lowest BCUT2D eigenvalue weighted by molar-refractivity contribution is -0.132. The van der Waals surface area contributed by atoms with Crippen molar-refractivity contribution < 1.29 is 4.79 Å². The Morgan fingerprint density at radius 1 is 1.47 bits per heavy atom. The number of amides is 1. The summed E-state index contributed by atoms with van der Waals surface area (Å²) < 4.78 is 0. The van der Waals surface area contributed by atoms with Crippen LogP contribution in [-0.4, -0.2) is 41.0 Å². The van der Waals surface area contributed by atoms with Gasteiger partial charge in [0.05, 0.1) is 5.54 Å². The van der Waals surface area contributed by atoms with Gasteiger partial charge in [-0.15, -0.1) is 0 Å². The van der Waals surface area contributed by atoms with Gasteiger partial charge in [0.25, 0.3) is 0 Å². The van der Waals surface area contributed by atoms with Crippen LogP contribution in [0, 0.1) is 0 Å². The van der Waals surface area contributed by atoms with E-state index in [1.807, 2.05) is 24.4 Å². The quantitative estimate of drug-likeness (QED) is 0.810. The highest BCUT2D eigenvalue weighted by Gasteiger charge is 2.46. The number of pyridine rings is 1. The number of nitrogens with zero attached hydrogens (tertiary/aromatic N) is 2. The molecule has 1 amide bonds. The van der Waals surface area contributed by atoms with Crippen LogP contribution in [0.5, 0.6) is 0 Å². The molecule has 0 saturated carbocycles. The zero-order valence-corrected chi connectivity index (χ0v) is 9.85. The van der Waals surface area contributed by atoms with Crippen molar-refractivity contribution in [2.24, 2.45) is 0 Å². The first-order valence-electron chi connectivity index (χ1n) is 6.21. The zero-order valence-electron chi connectivity index (χ0n) is 9.85. The number of carbonyl (C=O) groups excluding carboxylic acids is 1. The maximum Gasteiger partial charge on any atom is 0.223 e. The fourth-order valence-corrected chi connectivity index (χ4v) is 3.02. The maximum atomic E-state index is 11.9. The molecule has 1 atom stereocenters. The van der Waals surface area contributed by atoms with E-state index in [1.165, 1.54) is 0 Å². The van der Waals surface area contributed by atoms with E-state index in [0.717, 1.165) is 38.2 Å². The van der Waals surface area contributed by atoms with Crippen LogP contribution in [0.15, 0.2) is 24.4 Å². The van der Waals surface area contributed by atoms with E-state index in [1.54, 1.807) is 0 Å². The predicted octanol–water partition coefficient (Wildman–Crippen LogP) is 0.589. The minimum atomic E-state index is -0.0241. The fraction of sp³-hybridized carbons (Fsp3) is 0.538. The molecule has 1 aromatic heterocycles. The van der Waals surface area contributed by atoms with E-state index in [0.29, 0.717) is 12.3 Å². The van der Waals surface area contributed by atoms with Crippen molar-refractivity contribution in [2.75, 3.05) is 19.6 Å². The molecule has 0 spiro atoms. The molecule has 2 fully saturated rings. The smallest absolute Gasteiger partial charge is 0.223 e. The molecular formula is C13H17N3O. The van der Waals surface area contributed by atoms with Crippen molar-refractivity contribution in [2.45, 2.75) is 24.8 Å². The summed E-state index contributed by atoms with van der Waals surface area (Å²) in [7, 11) is 0. The average molecular weight is 231 g/mol. The van der Waals surface area contributed by atoms with E-state index in [-0.39, 0.29) is 5.54 Å². The minimum absolute atomic E-state index is 0.0241. The number of aromatic nitrogens is 1. The fourth-order valence-electron chi connectivity index (χ4n) is 3.02. The minimum Gasteiger partial charge on any atom is -0.334 e. The van der Waals surface area contributed by atoms with Gasteiger partial charge in [-0.1, -0.05) is 6.07 Å². The lowest BCUT2D eigenvalue weighted by atomic mass is 9.88. The topological polar surface area (TPSA) is 45.2 Å². The number of piperazine rings is 1. The molecule has 0 radical (unpaired) electrons. The van der Waals surface area contributed by atoms with Crippen LogP contribution < -0.4 is 5.32 Å². The van der Waals surface area contributed by atoms with Gasteiger partial charge in [0, 0.05) is 44.4 Å². The second-order valence-electron chi connectivity index (χ2n) is 4.94. The Morgan fingerprint density at radius 2 is 2.41 bits per heavy atom. The molecule has 1 aromatic rings. The molecule has 3 rings (SSSR count). The van der Waals surface area contributed by atoms with Crippen LogP contribution in [0.4, 0.5) is 0 Å². The highest BCUT2D eigenvalue weighted by Crippen LogP contribution is 2.33. The lowest BCUT2D eigenvalue weighted by Gasteiger charge is -2.42. The first-order valence-corrected chi connectivity index (χ1v) is 6.21. The summed E-state index contributed by atoms with van der Waals surface area (Å²) >= 11 is 0. The van der Waals surface area contributed by atoms with Gasteiger partial charge < -0.3 is 10.2 Å². The van der Waals surface area contributed by atoms with Gasteiger partial charge in [0.15, 0.2) is 0 Å². The van der Waals surface area contributed by atoms with E-state index in [4.69, 9.17) is 0 Å². The molecule has 4 nitrogen and oxygen atoms in total. The third-order valence-electron chi connectivity index (χ3n) is 3.88. The Hall–Kier alpha value is -1.42. The Bertz CT molecular complexity index is 420. The summed E-state index contributed by atoms with van der Waals surface area (Å²) in [5.41, 5.74) is 1.06. The molecule has 17 heavy (non-hydrogen) atoms. The molecule has 1 unspecified atom stereocenters. The van der Waals surface area contributed by atoms with Crippen LogP contribution in [0.1, 0.15) is 18.5 Å². The average Bonchev–Trinajstić information content (AvgIpc) is 2.69. The van der Waals surface area contributed by atoms with Crippen molar-refractivity contribution in [1.29, 1.82) is 0 Å². The Kier molecular flexibility index (Phi) is 2.59. The first kappa shape index (κ1) is 10.7. The van der Waals surface area contributed by atoms with E-state index in [9.17, 15) is 4.79 Å². The van der Waals surface area contributed by atoms with Gasteiger partial charge >= 0.3 is 0 Å². The molecule has 4 heteroatoms. The van der Waals surface area contributed by atoms with Crippen LogP contribution in [0.2, 0.25) is 0 Å². The molecule has 1 N–H and O–H groups in total. The number of hydrogen-bond acceptors (Lipinski definition) is 3. The van der Waals surface area contributed by atoms with Crippen LogP contribution in [0.25, 0.3) is 0 Å². The Balaban J connectivity index is 1.86. The SMILES string of the molecule is O=C1CCC2(Cc3ccccn3)CNCCN12. The summed E-state index contributed by atoms with van der Waals surface area (Å²) in [6.45, 7) is 2.65. The van der Waals surface area contributed by atoms with Gasteiger partial charge in [-0.3, -0.25) is 9.78 Å². The van der Waals surface area contributed by atoms with Crippen LogP contribution >= 0.6 is 0 Å². The molecular weight excluding hydrogens is 214 g/mol. The standard InChI is InChI=1S/C13H17N3O/c17-12-4-5-13(10-14-7-8-16(12)13)9-11-3-1-2-6-15-11/h1-3,6,14H,4-5,7-10H2. The Labute approximate surface area is 101 Å². The molecule has 0 bridgehead atoms. The van der Waals surface area contributed by atoms with Crippen molar-refractivity contribution in [1.82, 2.24) is 15.2 Å². The molecule has 2 aliphatic heterocycles. The second kappa shape index (κ2) is 4.11. The van der Waals surface area contributed by atoms with Crippen LogP contribution in [-0.2, 0) is 11.2 Å². The Morgan fingerprint density at radius 3 is 3.24 bits per heavy atom. The van der Waals surface area contributed by atoms with Gasteiger partial charge in [0.2, 0.25) is 5.91 Å². The van der Waals surface area contributed by atoms with Gasteiger partial charge in [-0.25, -0.2) is 0 Å². The van der Waals surface area contributed by atoms with Crippen molar-refractivity contribution in [3.8, 4) is 0 Å². The van der Waals surface area contributed by atoms with Crippen LogP contribution in [0.3, 0.4) is 0 Å². The molecule has 2 saturated heterocycles. The first-order chi connectivity index (χ1) is 8.30. The van der Waals surface area contributed by atoms with Gasteiger partial charge in [0.1, 0.15) is 0 Å². The van der Waals surface area contributed by atoms with Gasteiger partial charge in [-0.05, 0) is 18.6 Å². The number of carbonyl (C=O) groups is 1. The molecule has 90 valence electrons. The van der Waals surface area contributed by atoms with Crippen molar-refractivity contribution in [3.05, 3.63) is 30.1 Å². The van der Waals surface area contributed by atoms with Gasteiger partial charge in [-0.2, -0.15) is 0 Å². The number of rotatable bonds is 2. The summed E-state index contributed by atoms with van der Waals surface area (Å²) in [6, 6.07) is 5.98. The summed E-state index contributed by atoms with van der Waals surface area (Å²) in [4.78, 5) is 18.3. The van der Waals surface area contributed by atoms with E-state index < -0.39 is 0 Å². The molecule has 3 heterocycles. The third kappa shape index (κ3) is 1.82. The maximum absolute atomic E-state index is 11.9. The third-order valence-corrected chi connectivity index (χ3v) is 3.88. The summed E-state index contributed by atoms with van der Waals surface area (Å²) in [5.74, 6) is 0.308. The lowest BCUT2D eigenvalue weighted by Crippen LogP contribution is -2.60. The monoisotopic (exact) mass is 231 g/mol. The summed E-state index contributed by atoms with van der Waals surface area (Å²) in [6.07, 6.45) is 4.33. The number of fused-ring (bicyclic) bond motifs is 1. The zero-order chi connectivity index (χ0) is 11.7. The normalized spacial score (nSPS) is 28.2. The van der Waals surface area contributed by atoms with E-state index in [2.05, 4.69) is 15.2 Å². The highest BCUT2D eigenvalue weighted by molar-refractivity contribution is 5.80. The molecule has 2 aliphatic rings. The largest absolute Gasteiger partial charge is 0.334 e. The molecule has 0 aliphatic carbocycles. The second-order valence-corrected chi connectivity index (χ2v) is 4.94.